The lowest BCUT2D eigenvalue weighted by atomic mass is 9.99. The van der Waals surface area contributed by atoms with Gasteiger partial charge in [0.1, 0.15) is 16.7 Å². The van der Waals surface area contributed by atoms with Crippen LogP contribution in [-0.4, -0.2) is 0 Å². The average molecular weight is 552 g/mol. The molecule has 0 atom stereocenters. The lowest BCUT2D eigenvalue weighted by molar-refractivity contribution is 0.668. The molecule has 9 aromatic rings. The summed E-state index contributed by atoms with van der Waals surface area (Å²) in [6.45, 7) is 0. The molecular formula is C40H25NO2. The molecule has 0 aliphatic heterocycles. The molecule has 0 saturated heterocycles. The Morgan fingerprint density at radius 3 is 2.00 bits per heavy atom. The Morgan fingerprint density at radius 1 is 0.419 bits per heavy atom. The number of rotatable bonds is 4. The number of hydrogen-bond donors (Lipinski definition) is 0. The smallest absolute Gasteiger partial charge is 0.159 e. The third kappa shape index (κ3) is 3.68. The van der Waals surface area contributed by atoms with Crippen molar-refractivity contribution in [3.63, 3.8) is 0 Å². The topological polar surface area (TPSA) is 29.5 Å². The lowest BCUT2D eigenvalue weighted by Crippen LogP contribution is -2.10. The van der Waals surface area contributed by atoms with Crippen LogP contribution in [0.3, 0.4) is 0 Å². The highest BCUT2D eigenvalue weighted by Gasteiger charge is 2.24. The molecule has 3 heteroatoms. The third-order valence-electron chi connectivity index (χ3n) is 8.44. The first-order valence-electron chi connectivity index (χ1n) is 14.5. The molecule has 0 radical (unpaired) electrons. The molecule has 202 valence electrons. The summed E-state index contributed by atoms with van der Waals surface area (Å²) in [4.78, 5) is 2.32. The van der Waals surface area contributed by atoms with Crippen LogP contribution in [0.1, 0.15) is 0 Å². The molecular weight excluding hydrogens is 526 g/mol. The van der Waals surface area contributed by atoms with Crippen LogP contribution in [0, 0.1) is 0 Å². The molecule has 7 aromatic carbocycles. The zero-order valence-electron chi connectivity index (χ0n) is 23.2. The molecule has 0 aliphatic carbocycles. The third-order valence-corrected chi connectivity index (χ3v) is 8.44. The van der Waals surface area contributed by atoms with Crippen LogP contribution in [0.2, 0.25) is 0 Å². The Bertz CT molecular complexity index is 2470. The van der Waals surface area contributed by atoms with Crippen LogP contribution >= 0.6 is 0 Å². The SMILES string of the molecule is c1ccc(-c2cccc3oc4c(N(c5ccc6ccccc6c5)c5cccc6oc7ccccc7c56)cccc4c23)cc1. The fourth-order valence-electron chi connectivity index (χ4n) is 6.53. The highest BCUT2D eigenvalue weighted by Crippen LogP contribution is 2.47. The summed E-state index contributed by atoms with van der Waals surface area (Å²) in [5.74, 6) is 0. The normalized spacial score (nSPS) is 11.7. The quantitative estimate of drug-likeness (QED) is 0.218. The summed E-state index contributed by atoms with van der Waals surface area (Å²) < 4.78 is 13.1. The van der Waals surface area contributed by atoms with E-state index < -0.39 is 0 Å². The van der Waals surface area contributed by atoms with Gasteiger partial charge in [0.2, 0.25) is 0 Å². The predicted molar refractivity (Wildman–Crippen MR) is 179 cm³/mol. The first-order valence-corrected chi connectivity index (χ1v) is 14.5. The van der Waals surface area contributed by atoms with Crippen LogP contribution in [0.15, 0.2) is 160 Å². The monoisotopic (exact) mass is 551 g/mol. The molecule has 0 unspecified atom stereocenters. The summed E-state index contributed by atoms with van der Waals surface area (Å²) in [6.07, 6.45) is 0. The van der Waals surface area contributed by atoms with E-state index in [1.807, 2.05) is 18.2 Å². The van der Waals surface area contributed by atoms with Crippen LogP contribution in [0.5, 0.6) is 0 Å². The second kappa shape index (κ2) is 9.37. The van der Waals surface area contributed by atoms with Crippen molar-refractivity contribution in [1.29, 1.82) is 0 Å². The van der Waals surface area contributed by atoms with Crippen molar-refractivity contribution in [2.45, 2.75) is 0 Å². The average Bonchev–Trinajstić information content (AvgIpc) is 3.65. The van der Waals surface area contributed by atoms with Crippen LogP contribution in [-0.2, 0) is 0 Å². The van der Waals surface area contributed by atoms with E-state index in [2.05, 4.69) is 138 Å². The number of anilines is 3. The molecule has 0 spiro atoms. The number of furan rings is 2. The van der Waals surface area contributed by atoms with Gasteiger partial charge in [-0.15, -0.1) is 0 Å². The lowest BCUT2D eigenvalue weighted by Gasteiger charge is -2.26. The number of fused-ring (bicyclic) bond motifs is 7. The molecule has 0 N–H and O–H groups in total. The Labute approximate surface area is 247 Å². The van der Waals surface area contributed by atoms with Crippen LogP contribution < -0.4 is 4.90 Å². The molecule has 3 nitrogen and oxygen atoms in total. The molecule has 43 heavy (non-hydrogen) atoms. The maximum absolute atomic E-state index is 6.77. The molecule has 0 bridgehead atoms. The summed E-state index contributed by atoms with van der Waals surface area (Å²) in [7, 11) is 0. The van der Waals surface area contributed by atoms with Gasteiger partial charge in [0.25, 0.3) is 0 Å². The van der Waals surface area contributed by atoms with E-state index in [9.17, 15) is 0 Å². The van der Waals surface area contributed by atoms with Gasteiger partial charge in [-0.1, -0.05) is 109 Å². The van der Waals surface area contributed by atoms with E-state index in [1.54, 1.807) is 0 Å². The standard InChI is InChI=1S/C40H25NO2/c1-2-12-27(13-3-1)30-16-9-21-36-38(30)32-17-8-19-34(40(32)43-36)41(29-24-23-26-11-4-5-14-28(26)25-29)33-18-10-22-37-39(33)31-15-6-7-20-35(31)42-37/h1-25H. The van der Waals surface area contributed by atoms with Crippen molar-refractivity contribution in [2.24, 2.45) is 0 Å². The first-order chi connectivity index (χ1) is 21.3. The fraction of sp³-hybridized carbons (Fsp3) is 0. The zero-order valence-corrected chi connectivity index (χ0v) is 23.2. The number of para-hydroxylation sites is 2. The minimum absolute atomic E-state index is 0.846. The van der Waals surface area contributed by atoms with Gasteiger partial charge in [0.15, 0.2) is 5.58 Å². The van der Waals surface area contributed by atoms with E-state index >= 15 is 0 Å². The number of benzene rings is 7. The van der Waals surface area contributed by atoms with E-state index in [0.717, 1.165) is 66.5 Å². The predicted octanol–water partition coefficient (Wildman–Crippen LogP) is 11.8. The van der Waals surface area contributed by atoms with Gasteiger partial charge in [-0.25, -0.2) is 0 Å². The Balaban J connectivity index is 1.38. The van der Waals surface area contributed by atoms with Gasteiger partial charge in [-0.3, -0.25) is 0 Å². The van der Waals surface area contributed by atoms with E-state index in [0.29, 0.717) is 0 Å². The minimum atomic E-state index is 0.846. The molecule has 0 amide bonds. The van der Waals surface area contributed by atoms with Gasteiger partial charge >= 0.3 is 0 Å². The Hall–Kier alpha value is -5.80. The molecule has 0 aliphatic rings. The largest absolute Gasteiger partial charge is 0.456 e. The van der Waals surface area contributed by atoms with Gasteiger partial charge < -0.3 is 13.7 Å². The van der Waals surface area contributed by atoms with E-state index in [1.165, 1.54) is 16.3 Å². The number of nitrogens with zero attached hydrogens (tertiary/aromatic N) is 1. The maximum Gasteiger partial charge on any atom is 0.159 e. The van der Waals surface area contributed by atoms with Crippen molar-refractivity contribution >= 4 is 71.7 Å². The van der Waals surface area contributed by atoms with Crippen LogP contribution in [0.4, 0.5) is 17.1 Å². The van der Waals surface area contributed by atoms with E-state index in [-0.39, 0.29) is 0 Å². The molecule has 2 heterocycles. The molecule has 0 fully saturated rings. The van der Waals surface area contributed by atoms with Crippen molar-refractivity contribution < 1.29 is 8.83 Å². The Morgan fingerprint density at radius 2 is 1.09 bits per heavy atom. The highest BCUT2D eigenvalue weighted by atomic mass is 16.3. The Kier molecular flexibility index (Phi) is 5.20. The highest BCUT2D eigenvalue weighted by molar-refractivity contribution is 6.18. The fourth-order valence-corrected chi connectivity index (χ4v) is 6.53. The van der Waals surface area contributed by atoms with Crippen molar-refractivity contribution in [1.82, 2.24) is 0 Å². The molecule has 2 aromatic heterocycles. The number of hydrogen-bond acceptors (Lipinski definition) is 3. The van der Waals surface area contributed by atoms with E-state index in [4.69, 9.17) is 8.83 Å². The van der Waals surface area contributed by atoms with Crippen molar-refractivity contribution in [3.05, 3.63) is 152 Å². The van der Waals surface area contributed by atoms with Gasteiger partial charge in [-0.2, -0.15) is 0 Å². The zero-order chi connectivity index (χ0) is 28.3. The summed E-state index contributed by atoms with van der Waals surface area (Å²) >= 11 is 0. The molecule has 0 saturated carbocycles. The van der Waals surface area contributed by atoms with Gasteiger partial charge in [0.05, 0.1) is 16.8 Å². The second-order valence-corrected chi connectivity index (χ2v) is 10.9. The second-order valence-electron chi connectivity index (χ2n) is 10.9. The van der Waals surface area contributed by atoms with Gasteiger partial charge in [-0.05, 0) is 64.4 Å². The van der Waals surface area contributed by atoms with Crippen LogP contribution in [0.25, 0.3) is 65.8 Å². The summed E-state index contributed by atoms with van der Waals surface area (Å²) in [6, 6.07) is 53.0. The van der Waals surface area contributed by atoms with Crippen molar-refractivity contribution in [2.75, 3.05) is 4.90 Å². The maximum atomic E-state index is 6.77. The summed E-state index contributed by atoms with van der Waals surface area (Å²) in [5, 5.41) is 6.74. The molecule has 9 rings (SSSR count). The van der Waals surface area contributed by atoms with Gasteiger partial charge in [0, 0.05) is 21.8 Å². The van der Waals surface area contributed by atoms with Crippen molar-refractivity contribution in [3.8, 4) is 11.1 Å². The summed E-state index contributed by atoms with van der Waals surface area (Å²) in [5.41, 5.74) is 8.83. The first kappa shape index (κ1) is 23.9. The minimum Gasteiger partial charge on any atom is -0.456 e.